The zero-order chi connectivity index (χ0) is 12.7. The van der Waals surface area contributed by atoms with Crippen LogP contribution in [0.1, 0.15) is 0 Å². The Morgan fingerprint density at radius 1 is 1.17 bits per heavy atom. The molecule has 18 heavy (non-hydrogen) atoms. The summed E-state index contributed by atoms with van der Waals surface area (Å²) >= 11 is 1.19. The second-order valence-corrected chi connectivity index (χ2v) is 4.71. The maximum Gasteiger partial charge on any atom is 0.419 e. The lowest BCUT2D eigenvalue weighted by molar-refractivity contribution is 0.461. The van der Waals surface area contributed by atoms with Crippen LogP contribution in [-0.4, -0.2) is 4.98 Å². The van der Waals surface area contributed by atoms with Gasteiger partial charge in [0.15, 0.2) is 0 Å². The second kappa shape index (κ2) is 3.92. The van der Waals surface area contributed by atoms with Crippen LogP contribution in [-0.2, 0) is 0 Å². The molecule has 0 saturated carbocycles. The molecule has 0 aliphatic carbocycles. The first-order valence-electron chi connectivity index (χ1n) is 5.06. The Kier molecular flexibility index (Phi) is 2.38. The summed E-state index contributed by atoms with van der Waals surface area (Å²) in [6.45, 7) is 0. The molecule has 0 spiro atoms. The third-order valence-corrected chi connectivity index (χ3v) is 3.63. The van der Waals surface area contributed by atoms with Gasteiger partial charge in [0.05, 0.1) is 5.52 Å². The summed E-state index contributed by atoms with van der Waals surface area (Å²) in [4.78, 5) is 25.7. The number of nitrogens with one attached hydrogen (secondary N) is 1. The largest absolute Gasteiger partial charge is 0.419 e. The number of hydrogen-bond donors (Lipinski definition) is 1. The molecule has 0 saturated heterocycles. The maximum absolute atomic E-state index is 12.8. The van der Waals surface area contributed by atoms with Crippen molar-refractivity contribution in [1.29, 1.82) is 0 Å². The first-order valence-corrected chi connectivity index (χ1v) is 5.88. The van der Waals surface area contributed by atoms with Crippen LogP contribution in [0.25, 0.3) is 20.7 Å². The van der Waals surface area contributed by atoms with E-state index in [1.54, 1.807) is 18.2 Å². The predicted molar refractivity (Wildman–Crippen MR) is 66.4 cm³/mol. The third kappa shape index (κ3) is 1.76. The molecule has 0 amide bonds. The molecule has 3 rings (SSSR count). The summed E-state index contributed by atoms with van der Waals surface area (Å²) in [5.74, 6) is -1.11. The molecule has 90 valence electrons. The van der Waals surface area contributed by atoms with Gasteiger partial charge in [0, 0.05) is 4.88 Å². The highest BCUT2D eigenvalue weighted by molar-refractivity contribution is 7.22. The first kappa shape index (κ1) is 10.9. The Bertz CT molecular complexity index is 829. The number of benzene rings is 1. The lowest BCUT2D eigenvalue weighted by atomic mass is 10.2. The zero-order valence-electron chi connectivity index (χ0n) is 8.90. The van der Waals surface area contributed by atoms with E-state index in [1.165, 1.54) is 23.5 Å². The van der Waals surface area contributed by atoms with Gasteiger partial charge < -0.3 is 4.42 Å². The zero-order valence-corrected chi connectivity index (χ0v) is 9.71. The van der Waals surface area contributed by atoms with Crippen LogP contribution in [0.2, 0.25) is 0 Å². The van der Waals surface area contributed by atoms with Gasteiger partial charge in [-0.05, 0) is 23.8 Å². The third-order valence-electron chi connectivity index (χ3n) is 2.47. The van der Waals surface area contributed by atoms with Crippen molar-refractivity contribution in [1.82, 2.24) is 4.98 Å². The number of aromatic amines is 1. The molecular weight excluding hydrogens is 257 g/mol. The average Bonchev–Trinajstić information content (AvgIpc) is 2.74. The number of aromatic nitrogens is 1. The number of hydrogen-bond acceptors (Lipinski definition) is 4. The summed E-state index contributed by atoms with van der Waals surface area (Å²) in [6.07, 6.45) is 0. The van der Waals surface area contributed by atoms with Crippen LogP contribution < -0.4 is 11.4 Å². The van der Waals surface area contributed by atoms with Crippen LogP contribution >= 0.6 is 11.3 Å². The molecule has 2 heterocycles. The van der Waals surface area contributed by atoms with Crippen LogP contribution in [0.5, 0.6) is 0 Å². The molecule has 3 aromatic rings. The first-order chi connectivity index (χ1) is 8.63. The Morgan fingerprint density at radius 3 is 2.61 bits per heavy atom. The van der Waals surface area contributed by atoms with E-state index in [1.807, 2.05) is 0 Å². The van der Waals surface area contributed by atoms with Gasteiger partial charge in [0.25, 0.3) is 0 Å². The van der Waals surface area contributed by atoms with Crippen LogP contribution in [0, 0.1) is 5.82 Å². The van der Waals surface area contributed by atoms with Gasteiger partial charge >= 0.3 is 11.4 Å². The van der Waals surface area contributed by atoms with Crippen molar-refractivity contribution < 1.29 is 8.81 Å². The van der Waals surface area contributed by atoms with Crippen molar-refractivity contribution >= 4 is 21.6 Å². The van der Waals surface area contributed by atoms with Gasteiger partial charge in [0.1, 0.15) is 10.5 Å². The summed E-state index contributed by atoms with van der Waals surface area (Å²) in [7, 11) is 0. The van der Waals surface area contributed by atoms with Crippen LogP contribution in [0.15, 0.2) is 44.3 Å². The maximum atomic E-state index is 12.8. The minimum Gasteiger partial charge on any atom is -0.372 e. The van der Waals surface area contributed by atoms with E-state index in [0.717, 1.165) is 10.4 Å². The predicted octanol–water partition coefficient (Wildman–Crippen LogP) is 2.35. The highest BCUT2D eigenvalue weighted by Gasteiger charge is 2.09. The number of thiophene rings is 1. The molecular formula is C12H6FNO3S. The average molecular weight is 263 g/mol. The van der Waals surface area contributed by atoms with E-state index in [-0.39, 0.29) is 5.82 Å². The van der Waals surface area contributed by atoms with Gasteiger partial charge in [-0.2, -0.15) is 0 Å². The normalized spacial score (nSPS) is 10.9. The molecule has 2 aromatic heterocycles. The lowest BCUT2D eigenvalue weighted by Crippen LogP contribution is -2.12. The Morgan fingerprint density at radius 2 is 1.89 bits per heavy atom. The molecule has 4 nitrogen and oxygen atoms in total. The summed E-state index contributed by atoms with van der Waals surface area (Å²) < 4.78 is 17.6. The summed E-state index contributed by atoms with van der Waals surface area (Å²) in [5, 5.41) is 0. The van der Waals surface area contributed by atoms with Gasteiger partial charge in [0.2, 0.25) is 0 Å². The fraction of sp³-hybridized carbons (Fsp3) is 0. The van der Waals surface area contributed by atoms with Crippen LogP contribution in [0.3, 0.4) is 0 Å². The molecule has 0 fully saturated rings. The van der Waals surface area contributed by atoms with Crippen molar-refractivity contribution in [3.05, 3.63) is 57.1 Å². The van der Waals surface area contributed by atoms with Crippen molar-refractivity contribution in [3.63, 3.8) is 0 Å². The quantitative estimate of drug-likeness (QED) is 0.733. The molecule has 0 bridgehead atoms. The summed E-state index contributed by atoms with van der Waals surface area (Å²) in [6, 6.07) is 7.57. The number of fused-ring (bicyclic) bond motifs is 1. The number of rotatable bonds is 1. The topological polar surface area (TPSA) is 63.1 Å². The van der Waals surface area contributed by atoms with E-state index in [4.69, 9.17) is 0 Å². The molecule has 1 aromatic carbocycles. The molecule has 0 aliphatic rings. The minimum absolute atomic E-state index is 0.326. The van der Waals surface area contributed by atoms with E-state index in [0.29, 0.717) is 10.2 Å². The highest BCUT2D eigenvalue weighted by atomic mass is 32.1. The molecule has 6 heteroatoms. The fourth-order valence-electron chi connectivity index (χ4n) is 1.66. The van der Waals surface area contributed by atoms with Gasteiger partial charge in [-0.1, -0.05) is 12.1 Å². The smallest absolute Gasteiger partial charge is 0.372 e. The second-order valence-electron chi connectivity index (χ2n) is 3.66. The Labute approximate surface area is 103 Å². The molecule has 0 atom stereocenters. The lowest BCUT2D eigenvalue weighted by Gasteiger charge is -1.95. The standard InChI is InChI=1S/C12H6FNO3S/c13-7-3-1-6(2-4-7)9-5-8-10(18-9)11(15)17-12(16)14-8/h1-5H,(H,14,16). The molecule has 1 N–H and O–H groups in total. The van der Waals surface area contributed by atoms with E-state index in [2.05, 4.69) is 9.40 Å². The van der Waals surface area contributed by atoms with Crippen molar-refractivity contribution in [2.45, 2.75) is 0 Å². The van der Waals surface area contributed by atoms with Crippen molar-refractivity contribution in [2.75, 3.05) is 0 Å². The fourth-order valence-corrected chi connectivity index (χ4v) is 2.65. The molecule has 0 unspecified atom stereocenters. The minimum atomic E-state index is -0.782. The van der Waals surface area contributed by atoms with E-state index >= 15 is 0 Å². The Balaban J connectivity index is 2.25. The number of halogens is 1. The SMILES string of the molecule is O=c1[nH]c2cc(-c3ccc(F)cc3)sc2c(=O)o1. The highest BCUT2D eigenvalue weighted by Crippen LogP contribution is 2.30. The van der Waals surface area contributed by atoms with E-state index < -0.39 is 11.4 Å². The van der Waals surface area contributed by atoms with Crippen LogP contribution in [0.4, 0.5) is 4.39 Å². The van der Waals surface area contributed by atoms with E-state index in [9.17, 15) is 14.0 Å². The molecule has 0 radical (unpaired) electrons. The summed E-state index contributed by atoms with van der Waals surface area (Å²) in [5.41, 5.74) is 0.547. The Hall–Kier alpha value is -2.21. The number of H-pyrrole nitrogens is 1. The van der Waals surface area contributed by atoms with Crippen molar-refractivity contribution in [2.24, 2.45) is 0 Å². The molecule has 0 aliphatic heterocycles. The monoisotopic (exact) mass is 263 g/mol. The van der Waals surface area contributed by atoms with Gasteiger partial charge in [-0.3, -0.25) is 4.98 Å². The van der Waals surface area contributed by atoms with Gasteiger partial charge in [-0.25, -0.2) is 14.0 Å². The van der Waals surface area contributed by atoms with Gasteiger partial charge in [-0.15, -0.1) is 11.3 Å². The van der Waals surface area contributed by atoms with Crippen molar-refractivity contribution in [3.8, 4) is 10.4 Å².